The fraction of sp³-hybridized carbons (Fsp3) is 0.625. The number of hydrogen-bond donors (Lipinski definition) is 1. The molecule has 1 heterocycles. The summed E-state index contributed by atoms with van der Waals surface area (Å²) in [7, 11) is 0. The first-order valence-corrected chi connectivity index (χ1v) is 7.49. The van der Waals surface area contributed by atoms with Gasteiger partial charge in [0.1, 0.15) is 6.10 Å². The molecule has 20 heavy (non-hydrogen) atoms. The van der Waals surface area contributed by atoms with E-state index in [0.29, 0.717) is 13.2 Å². The van der Waals surface area contributed by atoms with Crippen LogP contribution in [-0.2, 0) is 11.2 Å². The number of hydrogen-bond acceptors (Lipinski definition) is 4. The summed E-state index contributed by atoms with van der Waals surface area (Å²) in [6.45, 7) is 6.13. The van der Waals surface area contributed by atoms with E-state index < -0.39 is 0 Å². The third kappa shape index (κ3) is 3.87. The normalized spacial score (nSPS) is 19.9. The highest BCUT2D eigenvalue weighted by molar-refractivity contribution is 5.47. The minimum Gasteiger partial charge on any atom is -0.490 e. The topological polar surface area (TPSA) is 53.7 Å². The molecule has 0 aliphatic carbocycles. The fourth-order valence-electron chi connectivity index (χ4n) is 2.32. The van der Waals surface area contributed by atoms with E-state index in [0.717, 1.165) is 42.9 Å². The molecule has 1 aromatic carbocycles. The average molecular weight is 279 g/mol. The van der Waals surface area contributed by atoms with Gasteiger partial charge in [-0.15, -0.1) is 0 Å². The highest BCUT2D eigenvalue weighted by atomic mass is 16.6. The molecule has 0 radical (unpaired) electrons. The number of benzene rings is 1. The van der Waals surface area contributed by atoms with Gasteiger partial charge in [-0.1, -0.05) is 19.1 Å². The van der Waals surface area contributed by atoms with Crippen molar-refractivity contribution >= 4 is 0 Å². The first-order chi connectivity index (χ1) is 9.74. The Balaban J connectivity index is 2.21. The van der Waals surface area contributed by atoms with Gasteiger partial charge in [0.25, 0.3) is 0 Å². The summed E-state index contributed by atoms with van der Waals surface area (Å²) in [6, 6.07) is 6.17. The van der Waals surface area contributed by atoms with Gasteiger partial charge in [-0.05, 0) is 31.4 Å². The molecule has 2 atom stereocenters. The lowest BCUT2D eigenvalue weighted by atomic mass is 10.0. The van der Waals surface area contributed by atoms with E-state index in [9.17, 15) is 0 Å². The van der Waals surface area contributed by atoms with E-state index in [1.165, 1.54) is 0 Å². The van der Waals surface area contributed by atoms with Crippen molar-refractivity contribution in [2.24, 2.45) is 5.73 Å². The maximum absolute atomic E-state index is 6.13. The van der Waals surface area contributed by atoms with Crippen LogP contribution < -0.4 is 15.2 Å². The molecule has 2 unspecified atom stereocenters. The van der Waals surface area contributed by atoms with Crippen LogP contribution in [0.5, 0.6) is 11.5 Å². The van der Waals surface area contributed by atoms with Crippen LogP contribution in [0.2, 0.25) is 0 Å². The van der Waals surface area contributed by atoms with Crippen LogP contribution in [0.15, 0.2) is 18.2 Å². The molecule has 0 bridgehead atoms. The zero-order valence-electron chi connectivity index (χ0n) is 12.4. The van der Waals surface area contributed by atoms with Gasteiger partial charge in [-0.2, -0.15) is 0 Å². The molecule has 1 aliphatic heterocycles. The van der Waals surface area contributed by atoms with E-state index in [1.807, 2.05) is 19.1 Å². The van der Waals surface area contributed by atoms with Gasteiger partial charge < -0.3 is 19.9 Å². The molecule has 1 aromatic rings. The Morgan fingerprint density at radius 2 is 2.25 bits per heavy atom. The first kappa shape index (κ1) is 15.1. The van der Waals surface area contributed by atoms with E-state index in [4.69, 9.17) is 19.9 Å². The second kappa shape index (κ2) is 7.50. The Morgan fingerprint density at radius 1 is 1.40 bits per heavy atom. The predicted octanol–water partition coefficient (Wildman–Crippen LogP) is 2.53. The summed E-state index contributed by atoms with van der Waals surface area (Å²) >= 11 is 0. The van der Waals surface area contributed by atoms with Gasteiger partial charge in [-0.3, -0.25) is 0 Å². The van der Waals surface area contributed by atoms with Crippen LogP contribution in [0.1, 0.15) is 32.3 Å². The number of para-hydroxylation sites is 1. The zero-order valence-corrected chi connectivity index (χ0v) is 12.4. The van der Waals surface area contributed by atoms with Crippen LogP contribution >= 0.6 is 0 Å². The Labute approximate surface area is 121 Å². The highest BCUT2D eigenvalue weighted by Gasteiger charge is 2.21. The smallest absolute Gasteiger partial charge is 0.164 e. The molecule has 4 nitrogen and oxygen atoms in total. The average Bonchev–Trinajstić information content (AvgIpc) is 2.95. The second-order valence-corrected chi connectivity index (χ2v) is 5.15. The summed E-state index contributed by atoms with van der Waals surface area (Å²) in [5.41, 5.74) is 7.21. The Hall–Kier alpha value is -1.26. The maximum atomic E-state index is 6.13. The van der Waals surface area contributed by atoms with Gasteiger partial charge in [-0.25, -0.2) is 0 Å². The van der Waals surface area contributed by atoms with Crippen molar-refractivity contribution in [2.75, 3.05) is 19.8 Å². The van der Waals surface area contributed by atoms with Gasteiger partial charge in [0, 0.05) is 12.5 Å². The molecule has 0 spiro atoms. The molecule has 1 fully saturated rings. The van der Waals surface area contributed by atoms with E-state index in [1.54, 1.807) is 0 Å². The summed E-state index contributed by atoms with van der Waals surface area (Å²) < 4.78 is 17.2. The third-order valence-corrected chi connectivity index (χ3v) is 3.54. The molecule has 1 saturated heterocycles. The van der Waals surface area contributed by atoms with Crippen molar-refractivity contribution in [3.8, 4) is 11.5 Å². The van der Waals surface area contributed by atoms with Crippen LogP contribution in [0.4, 0.5) is 0 Å². The van der Waals surface area contributed by atoms with Gasteiger partial charge in [0.15, 0.2) is 11.5 Å². The van der Waals surface area contributed by atoms with E-state index in [2.05, 4.69) is 13.0 Å². The first-order valence-electron chi connectivity index (χ1n) is 7.49. The predicted molar refractivity (Wildman–Crippen MR) is 79.4 cm³/mol. The number of ether oxygens (including phenoxy) is 3. The van der Waals surface area contributed by atoms with Crippen molar-refractivity contribution in [3.05, 3.63) is 23.8 Å². The van der Waals surface area contributed by atoms with Crippen molar-refractivity contribution in [2.45, 2.75) is 45.3 Å². The molecule has 0 amide bonds. The van der Waals surface area contributed by atoms with Crippen molar-refractivity contribution in [1.82, 2.24) is 0 Å². The monoisotopic (exact) mass is 279 g/mol. The van der Waals surface area contributed by atoms with Crippen LogP contribution in [0, 0.1) is 0 Å². The number of nitrogens with two attached hydrogens (primary N) is 1. The standard InChI is InChI=1S/C16H25NO3/c1-3-13(17)10-12-6-5-7-15(19-4-2)16(12)20-14-8-9-18-11-14/h5-7,13-14H,3-4,8-11,17H2,1-2H3. The molecule has 4 heteroatoms. The lowest BCUT2D eigenvalue weighted by molar-refractivity contribution is 0.137. The molecule has 1 aliphatic rings. The van der Waals surface area contributed by atoms with Gasteiger partial charge in [0.05, 0.1) is 19.8 Å². The van der Waals surface area contributed by atoms with Crippen LogP contribution in [-0.4, -0.2) is 32.0 Å². The van der Waals surface area contributed by atoms with Crippen LogP contribution in [0.3, 0.4) is 0 Å². The van der Waals surface area contributed by atoms with E-state index in [-0.39, 0.29) is 12.1 Å². The summed E-state index contributed by atoms with van der Waals surface area (Å²) in [5, 5.41) is 0. The van der Waals surface area contributed by atoms with E-state index >= 15 is 0 Å². The number of rotatable bonds is 7. The summed E-state index contributed by atoms with van der Waals surface area (Å²) in [6.07, 6.45) is 2.80. The third-order valence-electron chi connectivity index (χ3n) is 3.54. The lowest BCUT2D eigenvalue weighted by Crippen LogP contribution is -2.23. The highest BCUT2D eigenvalue weighted by Crippen LogP contribution is 2.34. The largest absolute Gasteiger partial charge is 0.490 e. The lowest BCUT2D eigenvalue weighted by Gasteiger charge is -2.20. The van der Waals surface area contributed by atoms with Crippen molar-refractivity contribution in [1.29, 1.82) is 0 Å². The minimum atomic E-state index is 0.119. The Bertz CT molecular complexity index is 416. The Kier molecular flexibility index (Phi) is 5.68. The van der Waals surface area contributed by atoms with Gasteiger partial charge >= 0.3 is 0 Å². The second-order valence-electron chi connectivity index (χ2n) is 5.15. The van der Waals surface area contributed by atoms with Crippen LogP contribution in [0.25, 0.3) is 0 Å². The SMILES string of the molecule is CCOc1cccc(CC(N)CC)c1OC1CCOC1. The maximum Gasteiger partial charge on any atom is 0.164 e. The molecule has 0 aromatic heterocycles. The molecular formula is C16H25NO3. The fourth-order valence-corrected chi connectivity index (χ4v) is 2.32. The zero-order chi connectivity index (χ0) is 14.4. The minimum absolute atomic E-state index is 0.119. The van der Waals surface area contributed by atoms with Crippen molar-refractivity contribution in [3.63, 3.8) is 0 Å². The molecule has 112 valence electrons. The quantitative estimate of drug-likeness (QED) is 0.833. The van der Waals surface area contributed by atoms with Crippen molar-refractivity contribution < 1.29 is 14.2 Å². The summed E-state index contributed by atoms with van der Waals surface area (Å²) in [5.74, 6) is 1.65. The molecule has 0 saturated carbocycles. The molecule has 2 rings (SSSR count). The molecule has 2 N–H and O–H groups in total. The Morgan fingerprint density at radius 3 is 2.90 bits per heavy atom. The summed E-state index contributed by atoms with van der Waals surface area (Å²) in [4.78, 5) is 0. The molecular weight excluding hydrogens is 254 g/mol. The van der Waals surface area contributed by atoms with Gasteiger partial charge in [0.2, 0.25) is 0 Å².